The van der Waals surface area contributed by atoms with Crippen LogP contribution in [0.1, 0.15) is 12.8 Å². The molecule has 3 rings (SSSR count). The van der Waals surface area contributed by atoms with Gasteiger partial charge in [-0.3, -0.25) is 0 Å². The van der Waals surface area contributed by atoms with Crippen LogP contribution in [0.4, 0.5) is 0 Å². The van der Waals surface area contributed by atoms with Gasteiger partial charge >= 0.3 is 0 Å². The van der Waals surface area contributed by atoms with Crippen LogP contribution < -0.4 is 5.19 Å². The van der Waals surface area contributed by atoms with Crippen LogP contribution in [-0.2, 0) is 0 Å². The monoisotopic (exact) mass is 300 g/mol. The minimum atomic E-state index is 0.618. The summed E-state index contributed by atoms with van der Waals surface area (Å²) in [5, 5.41) is 6.80. The first kappa shape index (κ1) is 14.8. The molecule has 0 aromatic heterocycles. The molecule has 0 unspecified atom stereocenters. The van der Waals surface area contributed by atoms with E-state index in [-0.39, 0.29) is 0 Å². The number of hydrogen-bond acceptors (Lipinski definition) is 0. The highest BCUT2D eigenvalue weighted by Gasteiger charge is 2.11. The Hall–Kier alpha value is -2.12. The molecule has 2 radical (unpaired) electrons. The van der Waals surface area contributed by atoms with E-state index in [1.807, 2.05) is 12.2 Å². The maximum absolute atomic E-state index is 3.90. The van der Waals surface area contributed by atoms with E-state index < -0.39 is 0 Å². The predicted molar refractivity (Wildman–Crippen MR) is 100 cm³/mol. The van der Waals surface area contributed by atoms with Crippen molar-refractivity contribution in [2.24, 2.45) is 0 Å². The van der Waals surface area contributed by atoms with Gasteiger partial charge in [0, 0.05) is 0 Å². The Morgan fingerprint density at radius 3 is 2.14 bits per heavy atom. The summed E-state index contributed by atoms with van der Waals surface area (Å²) in [5.74, 6) is 0. The van der Waals surface area contributed by atoms with E-state index in [1.165, 1.54) is 26.7 Å². The number of allylic oxidation sites excluding steroid dienone is 2. The van der Waals surface area contributed by atoms with E-state index in [4.69, 9.17) is 0 Å². The smallest absolute Gasteiger partial charge is 0.0857 e. The van der Waals surface area contributed by atoms with Crippen LogP contribution in [0.15, 0.2) is 79.9 Å². The Labute approximate surface area is 135 Å². The van der Waals surface area contributed by atoms with Crippen LogP contribution in [0.5, 0.6) is 0 Å². The molecule has 0 saturated heterocycles. The number of fused-ring (bicyclic) bond motifs is 2. The Balaban J connectivity index is 2.06. The Kier molecular flexibility index (Phi) is 4.55. The lowest BCUT2D eigenvalue weighted by Crippen LogP contribution is -2.20. The second-order valence-corrected chi connectivity index (χ2v) is 7.26. The van der Waals surface area contributed by atoms with Gasteiger partial charge in [0.2, 0.25) is 0 Å². The van der Waals surface area contributed by atoms with Gasteiger partial charge in [0.15, 0.2) is 0 Å². The first-order valence-electron chi connectivity index (χ1n) is 7.71. The molecule has 3 aromatic rings. The van der Waals surface area contributed by atoms with Gasteiger partial charge in [0.25, 0.3) is 0 Å². The zero-order valence-corrected chi connectivity index (χ0v) is 13.8. The zero-order valence-electron chi connectivity index (χ0n) is 12.8. The van der Waals surface area contributed by atoms with Gasteiger partial charge in [0.1, 0.15) is 0 Å². The normalized spacial score (nSPS) is 11.1. The standard InChI is InChI=1S/C21H20Si/c1-3-8-19(9-4-2)22-21-13-7-12-18-14-16-10-5-6-11-17(16)15-20(18)21/h3-7,10-15,19H,1-2,8-9H2. The molecular formula is C21H20Si. The summed E-state index contributed by atoms with van der Waals surface area (Å²) in [6.45, 7) is 7.80. The fraction of sp³-hybridized carbons (Fsp3) is 0.143. The maximum Gasteiger partial charge on any atom is 0.0857 e. The first-order chi connectivity index (χ1) is 10.8. The molecular weight excluding hydrogens is 280 g/mol. The third kappa shape index (κ3) is 3.05. The minimum absolute atomic E-state index is 0.618. The van der Waals surface area contributed by atoms with Gasteiger partial charge < -0.3 is 0 Å². The van der Waals surface area contributed by atoms with Crippen molar-refractivity contribution >= 4 is 36.3 Å². The minimum Gasteiger partial charge on any atom is -0.103 e. The van der Waals surface area contributed by atoms with Gasteiger partial charge in [-0.05, 0) is 52.1 Å². The van der Waals surface area contributed by atoms with Gasteiger partial charge in [-0.15, -0.1) is 13.2 Å². The van der Waals surface area contributed by atoms with E-state index in [0.717, 1.165) is 22.4 Å². The zero-order chi connectivity index (χ0) is 15.4. The third-order valence-electron chi connectivity index (χ3n) is 4.01. The highest BCUT2D eigenvalue weighted by molar-refractivity contribution is 6.58. The summed E-state index contributed by atoms with van der Waals surface area (Å²) in [6, 6.07) is 19.9. The average molecular weight is 300 g/mol. The quantitative estimate of drug-likeness (QED) is 0.331. The van der Waals surface area contributed by atoms with Crippen molar-refractivity contribution in [3.8, 4) is 0 Å². The lowest BCUT2D eigenvalue weighted by Gasteiger charge is -2.14. The third-order valence-corrected chi connectivity index (χ3v) is 5.64. The van der Waals surface area contributed by atoms with E-state index in [1.54, 1.807) is 0 Å². The van der Waals surface area contributed by atoms with E-state index in [0.29, 0.717) is 5.54 Å². The van der Waals surface area contributed by atoms with Crippen LogP contribution in [0.3, 0.4) is 0 Å². The Morgan fingerprint density at radius 1 is 0.818 bits per heavy atom. The van der Waals surface area contributed by atoms with Crippen LogP contribution in [0, 0.1) is 0 Å². The molecule has 0 saturated carbocycles. The van der Waals surface area contributed by atoms with Crippen LogP contribution in [0.25, 0.3) is 21.5 Å². The van der Waals surface area contributed by atoms with Crippen molar-refractivity contribution in [3.05, 3.63) is 79.9 Å². The van der Waals surface area contributed by atoms with Crippen molar-refractivity contribution < 1.29 is 0 Å². The molecule has 0 bridgehead atoms. The summed E-state index contributed by atoms with van der Waals surface area (Å²) in [4.78, 5) is 0. The van der Waals surface area contributed by atoms with Gasteiger partial charge in [-0.2, -0.15) is 0 Å². The molecule has 0 heterocycles. The maximum atomic E-state index is 3.90. The molecule has 0 spiro atoms. The Bertz CT molecular complexity index is 806. The largest absolute Gasteiger partial charge is 0.103 e. The molecule has 3 aromatic carbocycles. The van der Waals surface area contributed by atoms with Crippen LogP contribution in [-0.4, -0.2) is 9.52 Å². The highest BCUT2D eigenvalue weighted by Crippen LogP contribution is 2.23. The predicted octanol–water partition coefficient (Wildman–Crippen LogP) is 5.26. The summed E-state index contributed by atoms with van der Waals surface area (Å²) >= 11 is 0. The molecule has 0 aliphatic heterocycles. The molecule has 0 fully saturated rings. The lowest BCUT2D eigenvalue weighted by molar-refractivity contribution is 0.859. The molecule has 0 aliphatic rings. The van der Waals surface area contributed by atoms with Crippen molar-refractivity contribution in [3.63, 3.8) is 0 Å². The van der Waals surface area contributed by atoms with Crippen molar-refractivity contribution in [2.75, 3.05) is 0 Å². The van der Waals surface area contributed by atoms with Crippen LogP contribution in [0.2, 0.25) is 5.54 Å². The number of rotatable bonds is 6. The van der Waals surface area contributed by atoms with E-state index in [9.17, 15) is 0 Å². The average Bonchev–Trinajstić information content (AvgIpc) is 2.54. The van der Waals surface area contributed by atoms with E-state index >= 15 is 0 Å². The molecule has 22 heavy (non-hydrogen) atoms. The number of benzene rings is 3. The molecule has 0 nitrogen and oxygen atoms in total. The Morgan fingerprint density at radius 2 is 1.45 bits per heavy atom. The van der Waals surface area contributed by atoms with Gasteiger partial charge in [0.05, 0.1) is 9.52 Å². The summed E-state index contributed by atoms with van der Waals surface area (Å²) in [7, 11) is 0.792. The summed E-state index contributed by atoms with van der Waals surface area (Å²) in [6.07, 6.45) is 6.16. The molecule has 108 valence electrons. The SMILES string of the molecule is C=CCC(CC=C)[Si]c1cccc2cc3ccccc3cc12. The van der Waals surface area contributed by atoms with E-state index in [2.05, 4.69) is 67.8 Å². The molecule has 0 N–H and O–H groups in total. The summed E-state index contributed by atoms with van der Waals surface area (Å²) < 4.78 is 0. The van der Waals surface area contributed by atoms with Crippen LogP contribution >= 0.6 is 0 Å². The van der Waals surface area contributed by atoms with Crippen molar-refractivity contribution in [2.45, 2.75) is 18.4 Å². The molecule has 0 atom stereocenters. The second kappa shape index (κ2) is 6.76. The lowest BCUT2D eigenvalue weighted by atomic mass is 10.0. The number of hydrogen-bond donors (Lipinski definition) is 0. The molecule has 0 amide bonds. The van der Waals surface area contributed by atoms with Gasteiger partial charge in [-0.1, -0.05) is 59.8 Å². The van der Waals surface area contributed by atoms with Gasteiger partial charge in [-0.25, -0.2) is 0 Å². The highest BCUT2D eigenvalue weighted by atomic mass is 28.2. The van der Waals surface area contributed by atoms with Crippen molar-refractivity contribution in [1.82, 2.24) is 0 Å². The second-order valence-electron chi connectivity index (χ2n) is 5.62. The fourth-order valence-corrected chi connectivity index (χ4v) is 4.50. The summed E-state index contributed by atoms with van der Waals surface area (Å²) in [5.41, 5.74) is 0.618. The molecule has 0 aliphatic carbocycles. The van der Waals surface area contributed by atoms with Crippen molar-refractivity contribution in [1.29, 1.82) is 0 Å². The fourth-order valence-electron chi connectivity index (χ4n) is 2.93. The topological polar surface area (TPSA) is 0 Å². The molecule has 1 heteroatoms. The first-order valence-corrected chi connectivity index (χ1v) is 8.79.